The average molecular weight is 609 g/mol. The van der Waals surface area contributed by atoms with Gasteiger partial charge in [0.25, 0.3) is 10.0 Å². The topological polar surface area (TPSA) is 86.8 Å². The van der Waals surface area contributed by atoms with Crippen molar-refractivity contribution in [2.24, 2.45) is 0 Å². The van der Waals surface area contributed by atoms with E-state index < -0.39 is 45.8 Å². The Morgan fingerprint density at radius 3 is 2.02 bits per heavy atom. The Kier molecular flexibility index (Phi) is 10.2. The number of para-hydroxylation sites is 1. The molecule has 214 valence electrons. The van der Waals surface area contributed by atoms with Crippen molar-refractivity contribution >= 4 is 50.7 Å². The molecule has 3 rings (SSSR count). The van der Waals surface area contributed by atoms with Crippen LogP contribution in [0.2, 0.25) is 10.0 Å². The van der Waals surface area contributed by atoms with E-state index in [9.17, 15) is 22.4 Å². The van der Waals surface area contributed by atoms with Crippen LogP contribution in [0.1, 0.15) is 39.7 Å². The molecule has 0 heterocycles. The van der Waals surface area contributed by atoms with Crippen molar-refractivity contribution in [3.63, 3.8) is 0 Å². The summed E-state index contributed by atoms with van der Waals surface area (Å²) in [5.74, 6) is -1.65. The molecule has 0 aliphatic carbocycles. The van der Waals surface area contributed by atoms with Gasteiger partial charge in [-0.1, -0.05) is 54.4 Å². The molecule has 3 aromatic rings. The molecule has 0 bridgehead atoms. The summed E-state index contributed by atoms with van der Waals surface area (Å²) in [5.41, 5.74) is 0.0698. The zero-order valence-electron chi connectivity index (χ0n) is 22.7. The summed E-state index contributed by atoms with van der Waals surface area (Å²) in [6, 6.07) is 16.4. The molecular weight excluding hydrogens is 576 g/mol. The maximum atomic E-state index is 14.1. The third-order valence-corrected chi connectivity index (χ3v) is 8.50. The Labute approximate surface area is 244 Å². The van der Waals surface area contributed by atoms with Crippen molar-refractivity contribution < 1.29 is 22.4 Å². The van der Waals surface area contributed by atoms with E-state index in [0.717, 1.165) is 28.6 Å². The molecule has 7 nitrogen and oxygen atoms in total. The monoisotopic (exact) mass is 607 g/mol. The fraction of sp³-hybridized carbons (Fsp3) is 0.310. The van der Waals surface area contributed by atoms with E-state index >= 15 is 0 Å². The van der Waals surface area contributed by atoms with Gasteiger partial charge in [0.1, 0.15) is 18.4 Å². The number of carbonyl (C=O) groups excluding carboxylic acids is 2. The number of hydrogen-bond acceptors (Lipinski definition) is 4. The summed E-state index contributed by atoms with van der Waals surface area (Å²) in [4.78, 5) is 28.5. The minimum absolute atomic E-state index is 0.132. The van der Waals surface area contributed by atoms with Crippen LogP contribution in [-0.4, -0.2) is 43.3 Å². The number of carbonyl (C=O) groups is 2. The predicted molar refractivity (Wildman–Crippen MR) is 156 cm³/mol. The van der Waals surface area contributed by atoms with Crippen LogP contribution in [0.5, 0.6) is 0 Å². The van der Waals surface area contributed by atoms with Crippen molar-refractivity contribution in [2.75, 3.05) is 10.8 Å². The maximum Gasteiger partial charge on any atom is 0.264 e. The van der Waals surface area contributed by atoms with E-state index in [1.807, 2.05) is 20.8 Å². The van der Waals surface area contributed by atoms with Crippen LogP contribution < -0.4 is 9.62 Å². The highest BCUT2D eigenvalue weighted by molar-refractivity contribution is 7.92. The van der Waals surface area contributed by atoms with Gasteiger partial charge in [-0.25, -0.2) is 12.8 Å². The van der Waals surface area contributed by atoms with Gasteiger partial charge in [0, 0.05) is 27.7 Å². The van der Waals surface area contributed by atoms with Gasteiger partial charge in [-0.3, -0.25) is 13.9 Å². The van der Waals surface area contributed by atoms with Gasteiger partial charge in [0.15, 0.2) is 0 Å². The van der Waals surface area contributed by atoms with Crippen LogP contribution in [-0.2, 0) is 26.2 Å². The molecule has 40 heavy (non-hydrogen) atoms. The van der Waals surface area contributed by atoms with Gasteiger partial charge in [0.2, 0.25) is 11.8 Å². The molecule has 0 aliphatic heterocycles. The van der Waals surface area contributed by atoms with E-state index in [-0.39, 0.29) is 23.5 Å². The number of anilines is 1. The second-order valence-electron chi connectivity index (χ2n) is 10.2. The first kappa shape index (κ1) is 31.4. The number of hydrogen-bond donors (Lipinski definition) is 1. The number of halogens is 3. The van der Waals surface area contributed by atoms with E-state index in [2.05, 4.69) is 5.32 Å². The fourth-order valence-corrected chi connectivity index (χ4v) is 6.01. The van der Waals surface area contributed by atoms with Gasteiger partial charge in [0.05, 0.1) is 10.6 Å². The summed E-state index contributed by atoms with van der Waals surface area (Å²) < 4.78 is 42.0. The van der Waals surface area contributed by atoms with E-state index in [4.69, 9.17) is 23.2 Å². The number of amides is 2. The zero-order chi connectivity index (χ0) is 29.7. The smallest absolute Gasteiger partial charge is 0.264 e. The molecule has 0 unspecified atom stereocenters. The number of nitrogens with one attached hydrogen (secondary N) is 1. The number of benzene rings is 3. The average Bonchev–Trinajstić information content (AvgIpc) is 2.88. The Morgan fingerprint density at radius 2 is 1.50 bits per heavy atom. The Bertz CT molecular complexity index is 1430. The minimum atomic E-state index is -4.30. The third-order valence-electron chi connectivity index (χ3n) is 6.00. The van der Waals surface area contributed by atoms with Crippen LogP contribution in [0.4, 0.5) is 10.1 Å². The Hall–Kier alpha value is -3.14. The lowest BCUT2D eigenvalue weighted by Gasteiger charge is -2.35. The zero-order valence-corrected chi connectivity index (χ0v) is 25.0. The Morgan fingerprint density at radius 1 is 0.925 bits per heavy atom. The molecule has 1 atom stereocenters. The summed E-state index contributed by atoms with van der Waals surface area (Å²) in [5, 5.41) is 3.50. The van der Waals surface area contributed by atoms with Crippen molar-refractivity contribution in [2.45, 2.75) is 57.1 Å². The van der Waals surface area contributed by atoms with Crippen LogP contribution in [0.15, 0.2) is 77.7 Å². The van der Waals surface area contributed by atoms with Crippen LogP contribution in [0.3, 0.4) is 0 Å². The van der Waals surface area contributed by atoms with E-state index in [1.54, 1.807) is 55.5 Å². The first-order valence-corrected chi connectivity index (χ1v) is 14.8. The van der Waals surface area contributed by atoms with Crippen LogP contribution >= 0.6 is 23.2 Å². The van der Waals surface area contributed by atoms with Crippen molar-refractivity contribution in [3.8, 4) is 0 Å². The lowest BCUT2D eigenvalue weighted by Crippen LogP contribution is -2.55. The van der Waals surface area contributed by atoms with Gasteiger partial charge in [-0.15, -0.1) is 0 Å². The second-order valence-corrected chi connectivity index (χ2v) is 12.9. The maximum absolute atomic E-state index is 14.1. The highest BCUT2D eigenvalue weighted by Crippen LogP contribution is 2.29. The largest absolute Gasteiger partial charge is 0.350 e. The number of sulfonamides is 1. The summed E-state index contributed by atoms with van der Waals surface area (Å²) in [7, 11) is -4.30. The lowest BCUT2D eigenvalue weighted by molar-refractivity contribution is -0.141. The standard InChI is InChI=1S/C29H32Cl2FN3O4S/c1-5-26(28(37)33-29(2,3)4)34(18-23-24(30)12-9-13-25(23)31)27(36)19-35(21-10-7-6-8-11-21)40(38,39)22-16-14-20(32)15-17-22/h6-17,26H,5,18-19H2,1-4H3,(H,33,37)/t26-/m0/s1. The molecule has 0 radical (unpaired) electrons. The highest BCUT2D eigenvalue weighted by atomic mass is 35.5. The molecule has 2 amide bonds. The Balaban J connectivity index is 2.09. The molecule has 11 heteroatoms. The summed E-state index contributed by atoms with van der Waals surface area (Å²) in [6.07, 6.45) is 0.242. The summed E-state index contributed by atoms with van der Waals surface area (Å²) in [6.45, 7) is 6.45. The second kappa shape index (κ2) is 13.0. The molecule has 3 aromatic carbocycles. The highest BCUT2D eigenvalue weighted by Gasteiger charge is 2.35. The molecule has 0 aromatic heterocycles. The molecule has 0 fully saturated rings. The van der Waals surface area contributed by atoms with Gasteiger partial charge < -0.3 is 10.2 Å². The van der Waals surface area contributed by atoms with Crippen molar-refractivity contribution in [1.82, 2.24) is 10.2 Å². The van der Waals surface area contributed by atoms with Gasteiger partial charge in [-0.05, 0) is 75.7 Å². The quantitative estimate of drug-likeness (QED) is 0.304. The minimum Gasteiger partial charge on any atom is -0.350 e. The predicted octanol–water partition coefficient (Wildman–Crippen LogP) is 6.05. The molecule has 0 aliphatic rings. The first-order valence-electron chi connectivity index (χ1n) is 12.6. The molecule has 0 saturated heterocycles. The SMILES string of the molecule is CC[C@@H](C(=O)NC(C)(C)C)N(Cc1c(Cl)cccc1Cl)C(=O)CN(c1ccccc1)S(=O)(=O)c1ccc(F)cc1. The van der Waals surface area contributed by atoms with Gasteiger partial charge >= 0.3 is 0 Å². The molecular formula is C29H32Cl2FN3O4S. The van der Waals surface area contributed by atoms with Crippen LogP contribution in [0, 0.1) is 5.82 Å². The third kappa shape index (κ3) is 7.74. The van der Waals surface area contributed by atoms with E-state index in [0.29, 0.717) is 15.6 Å². The molecule has 1 N–H and O–H groups in total. The number of rotatable bonds is 10. The normalized spacial score (nSPS) is 12.5. The number of nitrogens with zero attached hydrogens (tertiary/aromatic N) is 2. The van der Waals surface area contributed by atoms with Gasteiger partial charge in [-0.2, -0.15) is 0 Å². The van der Waals surface area contributed by atoms with Crippen LogP contribution in [0.25, 0.3) is 0 Å². The van der Waals surface area contributed by atoms with E-state index in [1.165, 1.54) is 4.90 Å². The van der Waals surface area contributed by atoms with Crippen molar-refractivity contribution in [1.29, 1.82) is 0 Å². The van der Waals surface area contributed by atoms with Crippen molar-refractivity contribution in [3.05, 3.63) is 94.2 Å². The molecule has 0 saturated carbocycles. The first-order chi connectivity index (χ1) is 18.7. The fourth-order valence-electron chi connectivity index (χ4n) is 4.08. The lowest BCUT2D eigenvalue weighted by atomic mass is 10.1. The molecule has 0 spiro atoms. The summed E-state index contributed by atoms with van der Waals surface area (Å²) >= 11 is 12.8.